The van der Waals surface area contributed by atoms with E-state index in [2.05, 4.69) is 0 Å². The van der Waals surface area contributed by atoms with E-state index in [-0.39, 0.29) is 5.91 Å². The summed E-state index contributed by atoms with van der Waals surface area (Å²) in [5.41, 5.74) is 5.35. The van der Waals surface area contributed by atoms with Crippen LogP contribution in [0.1, 0.15) is 38.5 Å². The number of thioether (sulfide) groups is 1. The van der Waals surface area contributed by atoms with Gasteiger partial charge in [0.05, 0.1) is 10.4 Å². The Labute approximate surface area is 120 Å². The summed E-state index contributed by atoms with van der Waals surface area (Å²) in [6.07, 6.45) is 8.18. The van der Waals surface area contributed by atoms with E-state index in [0.717, 1.165) is 38.0 Å². The summed E-state index contributed by atoms with van der Waals surface area (Å²) >= 11 is 6.97. The number of hydrogen-bond donors (Lipinski definition) is 1. The second kappa shape index (κ2) is 7.34. The first-order chi connectivity index (χ1) is 8.54. The van der Waals surface area contributed by atoms with Crippen molar-refractivity contribution in [3.05, 3.63) is 0 Å². The number of rotatable bonds is 5. The second-order valence-corrected chi connectivity index (χ2v) is 6.51. The predicted molar refractivity (Wildman–Crippen MR) is 82.9 cm³/mol. The summed E-state index contributed by atoms with van der Waals surface area (Å²) in [6, 6.07) is 0. The molecule has 0 aromatic rings. The Bertz CT molecular complexity index is 299. The van der Waals surface area contributed by atoms with Gasteiger partial charge in [-0.1, -0.05) is 37.9 Å². The van der Waals surface area contributed by atoms with Crippen molar-refractivity contribution in [2.45, 2.75) is 38.5 Å². The third-order valence-electron chi connectivity index (χ3n) is 3.82. The minimum atomic E-state index is -0.570. The molecule has 1 rings (SSSR count). The molecule has 18 heavy (non-hydrogen) atoms. The topological polar surface area (TPSA) is 46.3 Å². The number of nitrogens with two attached hydrogens (primary N) is 1. The summed E-state index contributed by atoms with van der Waals surface area (Å²) in [4.78, 5) is 14.9. The largest absolute Gasteiger partial charge is 0.392 e. The molecule has 0 radical (unpaired) electrons. The minimum absolute atomic E-state index is 0.131. The van der Waals surface area contributed by atoms with Crippen molar-refractivity contribution in [1.29, 1.82) is 0 Å². The van der Waals surface area contributed by atoms with Crippen molar-refractivity contribution in [3.8, 4) is 0 Å². The number of nitrogens with zero attached hydrogens (tertiary/aromatic N) is 1. The van der Waals surface area contributed by atoms with Crippen LogP contribution >= 0.6 is 24.0 Å². The lowest BCUT2D eigenvalue weighted by molar-refractivity contribution is -0.137. The van der Waals surface area contributed by atoms with Crippen LogP contribution in [-0.4, -0.2) is 41.4 Å². The van der Waals surface area contributed by atoms with E-state index in [1.54, 1.807) is 16.7 Å². The van der Waals surface area contributed by atoms with Gasteiger partial charge in [-0.3, -0.25) is 4.79 Å². The van der Waals surface area contributed by atoms with Gasteiger partial charge in [-0.15, -0.1) is 0 Å². The highest BCUT2D eigenvalue weighted by Crippen LogP contribution is 2.37. The molecule has 0 spiro atoms. The molecule has 5 heteroatoms. The number of hydrogen-bond acceptors (Lipinski definition) is 3. The normalized spacial score (nSPS) is 19.0. The van der Waals surface area contributed by atoms with Crippen molar-refractivity contribution in [2.24, 2.45) is 11.1 Å². The molecule has 104 valence electrons. The highest BCUT2D eigenvalue weighted by molar-refractivity contribution is 7.98. The van der Waals surface area contributed by atoms with Crippen molar-refractivity contribution >= 4 is 34.9 Å². The van der Waals surface area contributed by atoms with Gasteiger partial charge in [0.2, 0.25) is 5.91 Å². The monoisotopic (exact) mass is 288 g/mol. The maximum absolute atomic E-state index is 12.7. The number of thiocarbonyl (C=S) groups is 1. The van der Waals surface area contributed by atoms with Gasteiger partial charge < -0.3 is 10.6 Å². The fourth-order valence-corrected chi connectivity index (χ4v) is 3.34. The average molecular weight is 288 g/mol. The van der Waals surface area contributed by atoms with Gasteiger partial charge in [-0.2, -0.15) is 11.8 Å². The lowest BCUT2D eigenvalue weighted by Crippen LogP contribution is -2.49. The Kier molecular flexibility index (Phi) is 6.43. The molecule has 3 nitrogen and oxygen atoms in total. The fraction of sp³-hybridized carbons (Fsp3) is 0.846. The van der Waals surface area contributed by atoms with Crippen molar-refractivity contribution in [1.82, 2.24) is 4.90 Å². The number of carbonyl (C=O) groups excluding carboxylic acids is 1. The molecule has 0 aromatic heterocycles. The molecule has 0 aromatic carbocycles. The molecule has 1 amide bonds. The van der Waals surface area contributed by atoms with Gasteiger partial charge in [-0.05, 0) is 19.1 Å². The second-order valence-electron chi connectivity index (χ2n) is 5.08. The molecular weight excluding hydrogens is 264 g/mol. The number of carbonyl (C=O) groups is 1. The number of amides is 1. The standard InChI is InChI=1S/C13H24N2OS2/c1-15(9-10-18-2)12(16)13(11(14)17)7-5-3-4-6-8-13/h3-10H2,1-2H3,(H2,14,17). The molecule has 1 fully saturated rings. The van der Waals surface area contributed by atoms with Crippen LogP contribution in [0.2, 0.25) is 0 Å². The first-order valence-electron chi connectivity index (χ1n) is 6.59. The molecule has 1 aliphatic rings. The van der Waals surface area contributed by atoms with Crippen LogP contribution in [0.5, 0.6) is 0 Å². The van der Waals surface area contributed by atoms with E-state index in [9.17, 15) is 4.79 Å². The maximum Gasteiger partial charge on any atom is 0.235 e. The highest BCUT2D eigenvalue weighted by atomic mass is 32.2. The molecule has 1 aliphatic carbocycles. The molecule has 0 bridgehead atoms. The van der Waals surface area contributed by atoms with E-state index < -0.39 is 5.41 Å². The van der Waals surface area contributed by atoms with Gasteiger partial charge in [-0.25, -0.2) is 0 Å². The van der Waals surface area contributed by atoms with Crippen molar-refractivity contribution in [3.63, 3.8) is 0 Å². The van der Waals surface area contributed by atoms with Gasteiger partial charge >= 0.3 is 0 Å². The van der Waals surface area contributed by atoms with Crippen molar-refractivity contribution in [2.75, 3.05) is 25.6 Å². The van der Waals surface area contributed by atoms with E-state index in [1.807, 2.05) is 13.3 Å². The van der Waals surface area contributed by atoms with Crippen LogP contribution in [0.3, 0.4) is 0 Å². The minimum Gasteiger partial charge on any atom is -0.392 e. The predicted octanol–water partition coefficient (Wildman–Crippen LogP) is 2.43. The molecule has 0 unspecified atom stereocenters. The molecular formula is C13H24N2OS2. The Morgan fingerprint density at radius 2 is 1.89 bits per heavy atom. The molecule has 0 aliphatic heterocycles. The van der Waals surface area contributed by atoms with Crippen LogP contribution in [0.4, 0.5) is 0 Å². The molecule has 2 N–H and O–H groups in total. The van der Waals surface area contributed by atoms with E-state index >= 15 is 0 Å². The van der Waals surface area contributed by atoms with Gasteiger partial charge in [0, 0.05) is 19.3 Å². The quantitative estimate of drug-likeness (QED) is 0.623. The lowest BCUT2D eigenvalue weighted by atomic mass is 9.79. The van der Waals surface area contributed by atoms with Gasteiger partial charge in [0.15, 0.2) is 0 Å². The summed E-state index contributed by atoms with van der Waals surface area (Å²) in [6.45, 7) is 0.768. The lowest BCUT2D eigenvalue weighted by Gasteiger charge is -2.34. The third-order valence-corrected chi connectivity index (χ3v) is 4.80. The Balaban J connectivity index is 2.82. The first kappa shape index (κ1) is 15.8. The van der Waals surface area contributed by atoms with Crippen LogP contribution in [-0.2, 0) is 4.79 Å². The Morgan fingerprint density at radius 1 is 1.33 bits per heavy atom. The van der Waals surface area contributed by atoms with Gasteiger partial charge in [0.1, 0.15) is 0 Å². The molecule has 0 heterocycles. The van der Waals surface area contributed by atoms with E-state index in [0.29, 0.717) is 4.99 Å². The maximum atomic E-state index is 12.7. The third kappa shape index (κ3) is 3.60. The summed E-state index contributed by atoms with van der Waals surface area (Å²) in [5, 5.41) is 0. The van der Waals surface area contributed by atoms with E-state index in [4.69, 9.17) is 18.0 Å². The SMILES string of the molecule is CSCCN(C)C(=O)C1(C(N)=S)CCCCCC1. The smallest absolute Gasteiger partial charge is 0.235 e. The molecule has 0 saturated heterocycles. The summed E-state index contributed by atoms with van der Waals surface area (Å²) in [7, 11) is 1.86. The zero-order valence-corrected chi connectivity index (χ0v) is 13.0. The molecule has 0 atom stereocenters. The van der Waals surface area contributed by atoms with Crippen LogP contribution in [0, 0.1) is 5.41 Å². The van der Waals surface area contributed by atoms with Crippen LogP contribution in [0.15, 0.2) is 0 Å². The molecule has 1 saturated carbocycles. The zero-order chi connectivity index (χ0) is 13.6. The summed E-state index contributed by atoms with van der Waals surface area (Å²) < 4.78 is 0. The van der Waals surface area contributed by atoms with Gasteiger partial charge in [0.25, 0.3) is 0 Å². The van der Waals surface area contributed by atoms with Crippen LogP contribution in [0.25, 0.3) is 0 Å². The van der Waals surface area contributed by atoms with Crippen LogP contribution < -0.4 is 5.73 Å². The first-order valence-corrected chi connectivity index (χ1v) is 8.39. The summed E-state index contributed by atoms with van der Waals surface area (Å²) in [5.74, 6) is 1.08. The Morgan fingerprint density at radius 3 is 2.33 bits per heavy atom. The van der Waals surface area contributed by atoms with Crippen molar-refractivity contribution < 1.29 is 4.79 Å². The van der Waals surface area contributed by atoms with E-state index in [1.165, 1.54) is 12.8 Å². The zero-order valence-electron chi connectivity index (χ0n) is 11.4. The fourth-order valence-electron chi connectivity index (χ4n) is 2.59. The Hall–Kier alpha value is -0.290. The highest BCUT2D eigenvalue weighted by Gasteiger charge is 2.42. The average Bonchev–Trinajstić information content (AvgIpc) is 2.61.